The number of hydrogen-bond acceptors (Lipinski definition) is 0. The Morgan fingerprint density at radius 1 is 0.769 bits per heavy atom. The van der Waals surface area contributed by atoms with Gasteiger partial charge in [0.15, 0.2) is 0 Å². The Morgan fingerprint density at radius 2 is 1.50 bits per heavy atom. The summed E-state index contributed by atoms with van der Waals surface area (Å²) in [7, 11) is 0. The molecular weight excluding hydrogens is 312 g/mol. The second-order valence-electron chi connectivity index (χ2n) is 8.20. The van der Waals surface area contributed by atoms with Crippen molar-refractivity contribution in [2.75, 3.05) is 0 Å². The second kappa shape index (κ2) is 9.95. The van der Waals surface area contributed by atoms with Gasteiger partial charge in [-0.15, -0.1) is 0 Å². The van der Waals surface area contributed by atoms with Gasteiger partial charge in [0.2, 0.25) is 0 Å². The number of unbranched alkanes of at least 4 members (excludes halogenated alkanes) is 5. The molecule has 1 aliphatic rings. The van der Waals surface area contributed by atoms with Gasteiger partial charge in [0, 0.05) is 0 Å². The average Bonchev–Trinajstić information content (AvgIpc) is 2.70. The largest absolute Gasteiger partial charge is 0.0654 e. The molecule has 0 nitrogen and oxygen atoms in total. The van der Waals surface area contributed by atoms with E-state index in [9.17, 15) is 0 Å². The van der Waals surface area contributed by atoms with Crippen molar-refractivity contribution in [1.29, 1.82) is 0 Å². The summed E-state index contributed by atoms with van der Waals surface area (Å²) < 4.78 is 0. The van der Waals surface area contributed by atoms with Gasteiger partial charge in [0.25, 0.3) is 0 Å². The van der Waals surface area contributed by atoms with Gasteiger partial charge in [-0.05, 0) is 59.4 Å². The topological polar surface area (TPSA) is 0 Å². The molecule has 0 heteroatoms. The highest BCUT2D eigenvalue weighted by molar-refractivity contribution is 5.65. The van der Waals surface area contributed by atoms with Crippen LogP contribution < -0.4 is 0 Å². The molecule has 26 heavy (non-hydrogen) atoms. The predicted octanol–water partition coefficient (Wildman–Crippen LogP) is 7.77. The van der Waals surface area contributed by atoms with Gasteiger partial charge in [-0.1, -0.05) is 101 Å². The van der Waals surface area contributed by atoms with Gasteiger partial charge in [-0.3, -0.25) is 0 Å². The lowest BCUT2D eigenvalue weighted by molar-refractivity contribution is 0.404. The highest BCUT2D eigenvalue weighted by Crippen LogP contribution is 2.32. The Morgan fingerprint density at radius 3 is 2.27 bits per heavy atom. The zero-order chi connectivity index (χ0) is 18.2. The number of benzene rings is 2. The van der Waals surface area contributed by atoms with Crippen LogP contribution in [-0.2, 0) is 19.3 Å². The van der Waals surface area contributed by atoms with Gasteiger partial charge in [0.1, 0.15) is 0 Å². The Kier molecular flexibility index (Phi) is 7.35. The fraction of sp³-hybridized carbons (Fsp3) is 0.538. The summed E-state index contributed by atoms with van der Waals surface area (Å²) in [6.07, 6.45) is 15.0. The van der Waals surface area contributed by atoms with Crippen LogP contribution in [0.2, 0.25) is 0 Å². The molecule has 2 aromatic rings. The molecule has 0 aromatic heterocycles. The van der Waals surface area contributed by atoms with Crippen molar-refractivity contribution in [1.82, 2.24) is 0 Å². The van der Waals surface area contributed by atoms with Crippen LogP contribution in [0.4, 0.5) is 0 Å². The molecule has 0 aliphatic heterocycles. The van der Waals surface area contributed by atoms with Crippen molar-refractivity contribution in [2.24, 2.45) is 5.92 Å². The number of hydrogen-bond donors (Lipinski definition) is 0. The van der Waals surface area contributed by atoms with E-state index >= 15 is 0 Å². The van der Waals surface area contributed by atoms with Crippen molar-refractivity contribution in [3.05, 3.63) is 59.2 Å². The minimum absolute atomic E-state index is 0.920. The summed E-state index contributed by atoms with van der Waals surface area (Å²) in [6, 6.07) is 16.3. The highest BCUT2D eigenvalue weighted by Gasteiger charge is 2.18. The smallest absolute Gasteiger partial charge is 0.0181 e. The fourth-order valence-electron chi connectivity index (χ4n) is 4.40. The molecule has 1 unspecified atom stereocenters. The number of fused-ring (bicyclic) bond motifs is 1. The summed E-state index contributed by atoms with van der Waals surface area (Å²) >= 11 is 0. The zero-order valence-electron chi connectivity index (χ0n) is 16.9. The fourth-order valence-corrected chi connectivity index (χ4v) is 4.40. The lowest BCUT2D eigenvalue weighted by Gasteiger charge is -2.25. The first-order chi connectivity index (χ1) is 12.8. The molecule has 1 atom stereocenters. The predicted molar refractivity (Wildman–Crippen MR) is 115 cm³/mol. The van der Waals surface area contributed by atoms with Crippen LogP contribution in [0.5, 0.6) is 0 Å². The van der Waals surface area contributed by atoms with Crippen molar-refractivity contribution in [3.8, 4) is 11.1 Å². The SMILES string of the molecule is CCCCCCCCC1CCc2cc(-c3ccc(CC)cc3)ccc2C1. The lowest BCUT2D eigenvalue weighted by atomic mass is 9.80. The second-order valence-corrected chi connectivity index (χ2v) is 8.20. The maximum Gasteiger partial charge on any atom is -0.0181 e. The first-order valence-electron chi connectivity index (χ1n) is 11.0. The Labute approximate surface area is 161 Å². The van der Waals surface area contributed by atoms with Crippen LogP contribution in [0.1, 0.15) is 81.9 Å². The molecule has 0 amide bonds. The summed E-state index contributed by atoms with van der Waals surface area (Å²) in [5.74, 6) is 0.920. The third-order valence-corrected chi connectivity index (χ3v) is 6.20. The van der Waals surface area contributed by atoms with E-state index < -0.39 is 0 Å². The first-order valence-corrected chi connectivity index (χ1v) is 11.0. The van der Waals surface area contributed by atoms with E-state index in [2.05, 4.69) is 56.3 Å². The van der Waals surface area contributed by atoms with Crippen molar-refractivity contribution >= 4 is 0 Å². The Bertz CT molecular complexity index is 665. The van der Waals surface area contributed by atoms with E-state index in [1.165, 1.54) is 80.9 Å². The molecule has 0 fully saturated rings. The lowest BCUT2D eigenvalue weighted by Crippen LogP contribution is -2.14. The zero-order valence-corrected chi connectivity index (χ0v) is 16.9. The van der Waals surface area contributed by atoms with Crippen LogP contribution >= 0.6 is 0 Å². The summed E-state index contributed by atoms with van der Waals surface area (Å²) in [5.41, 5.74) is 7.38. The Balaban J connectivity index is 1.53. The average molecular weight is 349 g/mol. The number of rotatable bonds is 9. The van der Waals surface area contributed by atoms with E-state index in [4.69, 9.17) is 0 Å². The minimum atomic E-state index is 0.920. The van der Waals surface area contributed by atoms with Crippen molar-refractivity contribution < 1.29 is 0 Å². The van der Waals surface area contributed by atoms with E-state index in [0.717, 1.165) is 12.3 Å². The third kappa shape index (κ3) is 5.22. The molecule has 0 saturated heterocycles. The van der Waals surface area contributed by atoms with Gasteiger partial charge in [-0.2, -0.15) is 0 Å². The van der Waals surface area contributed by atoms with Gasteiger partial charge in [0.05, 0.1) is 0 Å². The summed E-state index contributed by atoms with van der Waals surface area (Å²) in [4.78, 5) is 0. The van der Waals surface area contributed by atoms with Gasteiger partial charge < -0.3 is 0 Å². The molecule has 0 bridgehead atoms. The monoisotopic (exact) mass is 348 g/mol. The standard InChI is InChI=1S/C26H36/c1-3-5-6-7-8-9-10-22-13-16-26-20-25(18-17-24(26)19-22)23-14-11-21(4-2)12-15-23/h11-12,14-15,17-18,20,22H,3-10,13,16,19H2,1-2H3. The summed E-state index contributed by atoms with van der Waals surface area (Å²) in [6.45, 7) is 4.51. The Hall–Kier alpha value is -1.56. The molecule has 1 aliphatic carbocycles. The minimum Gasteiger partial charge on any atom is -0.0654 e. The van der Waals surface area contributed by atoms with E-state index in [-0.39, 0.29) is 0 Å². The molecule has 2 aromatic carbocycles. The highest BCUT2D eigenvalue weighted by atomic mass is 14.2. The molecule has 0 heterocycles. The maximum absolute atomic E-state index is 2.46. The maximum atomic E-state index is 2.46. The van der Waals surface area contributed by atoms with Crippen LogP contribution in [-0.4, -0.2) is 0 Å². The molecule has 3 rings (SSSR count). The quantitative estimate of drug-likeness (QED) is 0.406. The van der Waals surface area contributed by atoms with E-state index in [1.807, 2.05) is 0 Å². The van der Waals surface area contributed by atoms with Crippen molar-refractivity contribution in [2.45, 2.75) is 84.5 Å². The normalized spacial score (nSPS) is 16.5. The van der Waals surface area contributed by atoms with Gasteiger partial charge >= 0.3 is 0 Å². The van der Waals surface area contributed by atoms with Crippen LogP contribution in [0.25, 0.3) is 11.1 Å². The summed E-state index contributed by atoms with van der Waals surface area (Å²) in [5, 5.41) is 0. The molecule has 0 N–H and O–H groups in total. The van der Waals surface area contributed by atoms with E-state index in [1.54, 1.807) is 11.1 Å². The molecular formula is C26H36. The van der Waals surface area contributed by atoms with Gasteiger partial charge in [-0.25, -0.2) is 0 Å². The molecule has 0 radical (unpaired) electrons. The molecule has 0 spiro atoms. The molecule has 0 saturated carbocycles. The van der Waals surface area contributed by atoms with Crippen LogP contribution in [0, 0.1) is 5.92 Å². The molecule has 140 valence electrons. The van der Waals surface area contributed by atoms with E-state index in [0.29, 0.717) is 0 Å². The number of aryl methyl sites for hydroxylation is 2. The first kappa shape index (κ1) is 19.2. The van der Waals surface area contributed by atoms with Crippen LogP contribution in [0.3, 0.4) is 0 Å². The van der Waals surface area contributed by atoms with Crippen molar-refractivity contribution in [3.63, 3.8) is 0 Å². The third-order valence-electron chi connectivity index (χ3n) is 6.20. The van der Waals surface area contributed by atoms with Crippen LogP contribution in [0.15, 0.2) is 42.5 Å².